The van der Waals surface area contributed by atoms with Gasteiger partial charge in [-0.15, -0.1) is 5.10 Å². The summed E-state index contributed by atoms with van der Waals surface area (Å²) < 4.78 is 0. The van der Waals surface area contributed by atoms with Crippen LogP contribution in [-0.4, -0.2) is 10.2 Å². The van der Waals surface area contributed by atoms with E-state index in [1.807, 2.05) is 42.5 Å². The summed E-state index contributed by atoms with van der Waals surface area (Å²) in [5, 5.41) is 10.5. The molecule has 0 amide bonds. The topological polar surface area (TPSA) is 25.8 Å². The molecular weight excluding hydrogens is 196 g/mol. The molecule has 16 heavy (non-hydrogen) atoms. The number of hydrogen-bond acceptors (Lipinski definition) is 2. The van der Waals surface area contributed by atoms with Crippen LogP contribution in [0, 0.1) is 6.07 Å². The number of hydrogen-bond donors (Lipinski definition) is 0. The fraction of sp³-hybridized carbons (Fsp3) is 0. The molecule has 1 radical (unpaired) electrons. The molecule has 2 nitrogen and oxygen atoms in total. The first-order chi connectivity index (χ1) is 7.95. The van der Waals surface area contributed by atoms with Crippen molar-refractivity contribution in [2.75, 3.05) is 0 Å². The van der Waals surface area contributed by atoms with Gasteiger partial charge in [0.2, 0.25) is 0 Å². The zero-order valence-corrected chi connectivity index (χ0v) is 8.59. The van der Waals surface area contributed by atoms with Crippen molar-refractivity contribution in [3.8, 4) is 11.3 Å². The molecule has 0 aliphatic heterocycles. The number of benzene rings is 2. The van der Waals surface area contributed by atoms with Crippen molar-refractivity contribution in [2.45, 2.75) is 0 Å². The Labute approximate surface area is 93.6 Å². The minimum absolute atomic E-state index is 0.923. The molecule has 0 unspecified atom stereocenters. The highest BCUT2D eigenvalue weighted by atomic mass is 15.1. The first-order valence-corrected chi connectivity index (χ1v) is 5.12. The maximum atomic E-state index is 4.21. The average Bonchev–Trinajstić information content (AvgIpc) is 2.39. The molecule has 0 fully saturated rings. The fourth-order valence-corrected chi connectivity index (χ4v) is 1.79. The van der Waals surface area contributed by atoms with Crippen LogP contribution in [0.25, 0.3) is 22.0 Å². The molecule has 0 spiro atoms. The standard InChI is InChI=1S/C14H9N2/c1-2-6-11(7-3-1)14-13-9-5-4-8-12(13)10-15-16-14/h2-10H. The maximum Gasteiger partial charge on any atom is 0.101 e. The van der Waals surface area contributed by atoms with Gasteiger partial charge in [0.1, 0.15) is 5.69 Å². The summed E-state index contributed by atoms with van der Waals surface area (Å²) in [7, 11) is 0. The quantitative estimate of drug-likeness (QED) is 0.610. The molecular formula is C14H9N2. The summed E-state index contributed by atoms with van der Waals surface area (Å²) >= 11 is 0. The van der Waals surface area contributed by atoms with Gasteiger partial charge in [0, 0.05) is 16.3 Å². The summed E-state index contributed by atoms with van der Waals surface area (Å²) in [4.78, 5) is 0. The molecule has 1 aromatic heterocycles. The SMILES string of the molecule is [c]1ccc(-c2nncc3ccccc23)cc1. The summed E-state index contributed by atoms with van der Waals surface area (Å²) in [6, 6.07) is 18.9. The first kappa shape index (κ1) is 9.04. The van der Waals surface area contributed by atoms with Gasteiger partial charge in [0.05, 0.1) is 6.20 Å². The first-order valence-electron chi connectivity index (χ1n) is 5.12. The number of fused-ring (bicyclic) bond motifs is 1. The van der Waals surface area contributed by atoms with E-state index in [4.69, 9.17) is 0 Å². The van der Waals surface area contributed by atoms with Gasteiger partial charge in [-0.3, -0.25) is 0 Å². The molecule has 3 rings (SSSR count). The number of aromatic nitrogens is 2. The molecule has 0 bridgehead atoms. The zero-order chi connectivity index (χ0) is 10.8. The van der Waals surface area contributed by atoms with Crippen LogP contribution in [0.3, 0.4) is 0 Å². The van der Waals surface area contributed by atoms with Crippen molar-refractivity contribution in [3.63, 3.8) is 0 Å². The Morgan fingerprint density at radius 1 is 0.938 bits per heavy atom. The van der Waals surface area contributed by atoms with Gasteiger partial charge in [-0.05, 0) is 6.07 Å². The van der Waals surface area contributed by atoms with E-state index in [-0.39, 0.29) is 0 Å². The van der Waals surface area contributed by atoms with Crippen molar-refractivity contribution in [1.82, 2.24) is 10.2 Å². The lowest BCUT2D eigenvalue weighted by Crippen LogP contribution is -1.88. The van der Waals surface area contributed by atoms with Crippen molar-refractivity contribution in [3.05, 3.63) is 60.8 Å². The second-order valence-electron chi connectivity index (χ2n) is 3.57. The summed E-state index contributed by atoms with van der Waals surface area (Å²) in [5.41, 5.74) is 2.00. The van der Waals surface area contributed by atoms with E-state index in [2.05, 4.69) is 22.3 Å². The van der Waals surface area contributed by atoms with Gasteiger partial charge in [-0.2, -0.15) is 5.10 Å². The molecule has 0 aliphatic carbocycles. The molecule has 2 aromatic carbocycles. The van der Waals surface area contributed by atoms with Crippen LogP contribution < -0.4 is 0 Å². The molecule has 0 N–H and O–H groups in total. The molecule has 0 saturated heterocycles. The molecule has 2 heteroatoms. The second-order valence-corrected chi connectivity index (χ2v) is 3.57. The molecule has 75 valence electrons. The average molecular weight is 205 g/mol. The van der Waals surface area contributed by atoms with Gasteiger partial charge in [-0.1, -0.05) is 48.5 Å². The second kappa shape index (κ2) is 3.74. The Bertz CT molecular complexity index is 612. The Morgan fingerprint density at radius 3 is 2.62 bits per heavy atom. The molecule has 1 heterocycles. The van der Waals surface area contributed by atoms with Crippen LogP contribution in [0.5, 0.6) is 0 Å². The third-order valence-electron chi connectivity index (χ3n) is 2.56. The van der Waals surface area contributed by atoms with Gasteiger partial charge in [0.15, 0.2) is 0 Å². The summed E-state index contributed by atoms with van der Waals surface area (Å²) in [5.74, 6) is 0. The summed E-state index contributed by atoms with van der Waals surface area (Å²) in [6.07, 6.45) is 1.79. The third-order valence-corrected chi connectivity index (χ3v) is 2.56. The van der Waals surface area contributed by atoms with Crippen molar-refractivity contribution < 1.29 is 0 Å². The fourth-order valence-electron chi connectivity index (χ4n) is 1.79. The van der Waals surface area contributed by atoms with E-state index in [0.29, 0.717) is 0 Å². The third kappa shape index (κ3) is 1.44. The monoisotopic (exact) mass is 205 g/mol. The molecule has 0 atom stereocenters. The molecule has 0 saturated carbocycles. The lowest BCUT2D eigenvalue weighted by molar-refractivity contribution is 1.06. The van der Waals surface area contributed by atoms with Crippen LogP contribution in [-0.2, 0) is 0 Å². The maximum absolute atomic E-state index is 4.21. The predicted octanol–water partition coefficient (Wildman–Crippen LogP) is 3.10. The van der Waals surface area contributed by atoms with Gasteiger partial charge in [0.25, 0.3) is 0 Å². The smallest absolute Gasteiger partial charge is 0.101 e. The van der Waals surface area contributed by atoms with Crippen molar-refractivity contribution in [2.24, 2.45) is 0 Å². The highest BCUT2D eigenvalue weighted by Gasteiger charge is 2.04. The van der Waals surface area contributed by atoms with Crippen LogP contribution in [0.1, 0.15) is 0 Å². The van der Waals surface area contributed by atoms with Crippen molar-refractivity contribution in [1.29, 1.82) is 0 Å². The Morgan fingerprint density at radius 2 is 1.75 bits per heavy atom. The van der Waals surface area contributed by atoms with Crippen LogP contribution in [0.15, 0.2) is 54.7 Å². The van der Waals surface area contributed by atoms with Gasteiger partial charge < -0.3 is 0 Å². The van der Waals surface area contributed by atoms with E-state index in [9.17, 15) is 0 Å². The van der Waals surface area contributed by atoms with Crippen LogP contribution in [0.4, 0.5) is 0 Å². The minimum atomic E-state index is 0.923. The Balaban J connectivity index is 2.32. The molecule has 0 aliphatic rings. The van der Waals surface area contributed by atoms with E-state index in [1.165, 1.54) is 0 Å². The lowest BCUT2D eigenvalue weighted by atomic mass is 10.1. The van der Waals surface area contributed by atoms with E-state index < -0.39 is 0 Å². The highest BCUT2D eigenvalue weighted by molar-refractivity contribution is 5.93. The van der Waals surface area contributed by atoms with E-state index >= 15 is 0 Å². The zero-order valence-electron chi connectivity index (χ0n) is 8.59. The summed E-state index contributed by atoms with van der Waals surface area (Å²) in [6.45, 7) is 0. The normalized spacial score (nSPS) is 10.5. The van der Waals surface area contributed by atoms with Gasteiger partial charge in [-0.25, -0.2) is 0 Å². The van der Waals surface area contributed by atoms with Crippen LogP contribution in [0.2, 0.25) is 0 Å². The largest absolute Gasteiger partial charge is 0.158 e. The lowest BCUT2D eigenvalue weighted by Gasteiger charge is -2.03. The highest BCUT2D eigenvalue weighted by Crippen LogP contribution is 2.24. The van der Waals surface area contributed by atoms with Crippen LogP contribution >= 0.6 is 0 Å². The van der Waals surface area contributed by atoms with Crippen molar-refractivity contribution >= 4 is 10.8 Å². The predicted molar refractivity (Wildman–Crippen MR) is 63.8 cm³/mol. The molecule has 3 aromatic rings. The van der Waals surface area contributed by atoms with E-state index in [0.717, 1.165) is 22.0 Å². The van der Waals surface area contributed by atoms with Gasteiger partial charge >= 0.3 is 0 Å². The minimum Gasteiger partial charge on any atom is -0.158 e. The Kier molecular flexibility index (Phi) is 2.11. The number of rotatable bonds is 1. The Hall–Kier alpha value is -2.22. The van der Waals surface area contributed by atoms with E-state index in [1.54, 1.807) is 6.20 Å². The number of nitrogens with zero attached hydrogens (tertiary/aromatic N) is 2.